The number of halogens is 3. The molecule has 0 radical (unpaired) electrons. The van der Waals surface area contributed by atoms with Gasteiger partial charge in [0.05, 0.1) is 18.4 Å². The van der Waals surface area contributed by atoms with Crippen molar-refractivity contribution < 1.29 is 26.9 Å². The highest BCUT2D eigenvalue weighted by atomic mass is 19.4. The highest BCUT2D eigenvalue weighted by Gasteiger charge is 2.32. The van der Waals surface area contributed by atoms with Crippen molar-refractivity contribution in [2.45, 2.75) is 6.18 Å². The zero-order chi connectivity index (χ0) is 18.6. The molecule has 2 heterocycles. The molecule has 26 heavy (non-hydrogen) atoms. The Labute approximate surface area is 145 Å². The molecular weight excluding hydrogens is 349 g/mol. The normalized spacial score (nSPS) is 10.9. The number of nitrogens with one attached hydrogen (secondary N) is 1. The molecule has 0 aliphatic carbocycles. The maximum Gasteiger partial charge on any atom is 0.417 e. The number of hydrogen-bond acceptors (Lipinski definition) is 4. The first-order valence-electron chi connectivity index (χ1n) is 7.39. The second-order valence-corrected chi connectivity index (χ2v) is 5.08. The van der Waals surface area contributed by atoms with E-state index in [1.807, 2.05) is 0 Å². The standard InChI is InChI=1S/C18H11F3N2O3/c19-18(20,21)13-7-2-1-5-12(13)6-3-9-22-17(24)14-11-16(26-23-14)15-8-4-10-25-15/h1-2,4-5,7-8,10-11H,9H2,(H,22,24). The Kier molecular flexibility index (Phi) is 4.80. The summed E-state index contributed by atoms with van der Waals surface area (Å²) in [7, 11) is 0. The first-order valence-corrected chi connectivity index (χ1v) is 7.39. The van der Waals surface area contributed by atoms with Gasteiger partial charge in [0, 0.05) is 11.6 Å². The van der Waals surface area contributed by atoms with E-state index in [-0.39, 0.29) is 23.6 Å². The lowest BCUT2D eigenvalue weighted by Gasteiger charge is -2.08. The number of amides is 1. The minimum Gasteiger partial charge on any atom is -0.461 e. The summed E-state index contributed by atoms with van der Waals surface area (Å²) >= 11 is 0. The van der Waals surface area contributed by atoms with Gasteiger partial charge in [0.25, 0.3) is 5.91 Å². The van der Waals surface area contributed by atoms with Crippen LogP contribution >= 0.6 is 0 Å². The highest BCUT2D eigenvalue weighted by Crippen LogP contribution is 2.31. The van der Waals surface area contributed by atoms with Crippen LogP contribution in [0.25, 0.3) is 11.5 Å². The zero-order valence-electron chi connectivity index (χ0n) is 13.1. The summed E-state index contributed by atoms with van der Waals surface area (Å²) in [6.45, 7) is -0.145. The van der Waals surface area contributed by atoms with E-state index in [2.05, 4.69) is 22.3 Å². The van der Waals surface area contributed by atoms with Crippen LogP contribution in [-0.4, -0.2) is 17.6 Å². The van der Waals surface area contributed by atoms with E-state index >= 15 is 0 Å². The molecule has 0 fully saturated rings. The van der Waals surface area contributed by atoms with Crippen LogP contribution in [0, 0.1) is 11.8 Å². The van der Waals surface area contributed by atoms with E-state index in [1.54, 1.807) is 12.1 Å². The van der Waals surface area contributed by atoms with Gasteiger partial charge in [-0.1, -0.05) is 29.1 Å². The summed E-state index contributed by atoms with van der Waals surface area (Å²) in [6.07, 6.45) is -3.04. The zero-order valence-corrected chi connectivity index (χ0v) is 13.1. The van der Waals surface area contributed by atoms with Crippen LogP contribution in [-0.2, 0) is 6.18 Å². The molecular formula is C18H11F3N2O3. The molecule has 8 heteroatoms. The molecule has 0 unspecified atom stereocenters. The van der Waals surface area contributed by atoms with E-state index < -0.39 is 17.6 Å². The smallest absolute Gasteiger partial charge is 0.417 e. The fourth-order valence-corrected chi connectivity index (χ4v) is 2.11. The summed E-state index contributed by atoms with van der Waals surface area (Å²) in [5.41, 5.74) is -0.969. The van der Waals surface area contributed by atoms with Gasteiger partial charge in [-0.15, -0.1) is 0 Å². The van der Waals surface area contributed by atoms with Crippen LogP contribution in [0.4, 0.5) is 13.2 Å². The average Bonchev–Trinajstić information content (AvgIpc) is 3.28. The van der Waals surface area contributed by atoms with Crippen LogP contribution in [0.2, 0.25) is 0 Å². The second kappa shape index (κ2) is 7.19. The van der Waals surface area contributed by atoms with E-state index in [1.165, 1.54) is 30.5 Å². The van der Waals surface area contributed by atoms with Gasteiger partial charge in [-0.2, -0.15) is 13.2 Å². The van der Waals surface area contributed by atoms with E-state index in [0.29, 0.717) is 5.76 Å². The molecule has 0 spiro atoms. The maximum absolute atomic E-state index is 12.9. The number of carbonyl (C=O) groups excluding carboxylic acids is 1. The molecule has 0 saturated heterocycles. The molecule has 1 N–H and O–H groups in total. The Morgan fingerprint density at radius 3 is 2.69 bits per heavy atom. The lowest BCUT2D eigenvalue weighted by Crippen LogP contribution is -2.23. The molecule has 132 valence electrons. The lowest BCUT2D eigenvalue weighted by molar-refractivity contribution is -0.137. The molecule has 3 aromatic rings. The molecule has 2 aromatic heterocycles. The third-order valence-electron chi connectivity index (χ3n) is 3.30. The average molecular weight is 360 g/mol. The largest absolute Gasteiger partial charge is 0.461 e. The molecule has 0 atom stereocenters. The predicted molar refractivity (Wildman–Crippen MR) is 84.9 cm³/mol. The molecule has 0 bridgehead atoms. The molecule has 0 aliphatic rings. The van der Waals surface area contributed by atoms with Gasteiger partial charge in [0.15, 0.2) is 11.5 Å². The first-order chi connectivity index (χ1) is 12.4. The summed E-state index contributed by atoms with van der Waals surface area (Å²) < 4.78 is 48.7. The number of benzene rings is 1. The van der Waals surface area contributed by atoms with Crippen molar-refractivity contribution in [3.8, 4) is 23.4 Å². The van der Waals surface area contributed by atoms with Gasteiger partial charge >= 0.3 is 6.18 Å². The summed E-state index contributed by atoms with van der Waals surface area (Å²) in [6, 6.07) is 9.66. The predicted octanol–water partition coefficient (Wildman–Crippen LogP) is 3.73. The van der Waals surface area contributed by atoms with Crippen LogP contribution in [0.15, 0.2) is 57.7 Å². The SMILES string of the molecule is O=C(NCC#Cc1ccccc1C(F)(F)F)c1cc(-c2ccco2)on1. The first kappa shape index (κ1) is 17.4. The number of alkyl halides is 3. The number of hydrogen-bond donors (Lipinski definition) is 1. The minimum atomic E-state index is -4.49. The van der Waals surface area contributed by atoms with Crippen molar-refractivity contribution in [3.05, 3.63) is 65.5 Å². The van der Waals surface area contributed by atoms with Gasteiger partial charge in [0.2, 0.25) is 5.76 Å². The number of carbonyl (C=O) groups is 1. The van der Waals surface area contributed by atoms with Crippen molar-refractivity contribution in [1.82, 2.24) is 10.5 Å². The Bertz CT molecular complexity index is 963. The molecule has 0 saturated carbocycles. The molecule has 5 nitrogen and oxygen atoms in total. The van der Waals surface area contributed by atoms with E-state index in [4.69, 9.17) is 8.94 Å². The van der Waals surface area contributed by atoms with E-state index in [9.17, 15) is 18.0 Å². The fourth-order valence-electron chi connectivity index (χ4n) is 2.11. The maximum atomic E-state index is 12.9. The van der Waals surface area contributed by atoms with Gasteiger partial charge in [0.1, 0.15) is 0 Å². The van der Waals surface area contributed by atoms with Gasteiger partial charge in [-0.25, -0.2) is 0 Å². The second-order valence-electron chi connectivity index (χ2n) is 5.08. The van der Waals surface area contributed by atoms with Crippen LogP contribution in [0.5, 0.6) is 0 Å². The molecule has 3 rings (SSSR count). The number of nitrogens with zero attached hydrogens (tertiary/aromatic N) is 1. The van der Waals surface area contributed by atoms with Crippen LogP contribution in [0.1, 0.15) is 21.6 Å². The Morgan fingerprint density at radius 2 is 1.96 bits per heavy atom. The van der Waals surface area contributed by atoms with Crippen molar-refractivity contribution >= 4 is 5.91 Å². The van der Waals surface area contributed by atoms with Gasteiger partial charge in [-0.05, 0) is 24.3 Å². The summed E-state index contributed by atoms with van der Waals surface area (Å²) in [5, 5.41) is 6.05. The summed E-state index contributed by atoms with van der Waals surface area (Å²) in [5.74, 6) is 5.04. The molecule has 1 amide bonds. The van der Waals surface area contributed by atoms with Crippen LogP contribution in [0.3, 0.4) is 0 Å². The van der Waals surface area contributed by atoms with Gasteiger partial charge in [-0.3, -0.25) is 4.79 Å². The number of rotatable bonds is 3. The monoisotopic (exact) mass is 360 g/mol. The number of furan rings is 1. The Hall–Kier alpha value is -3.47. The quantitative estimate of drug-likeness (QED) is 0.723. The third kappa shape index (κ3) is 3.95. The molecule has 0 aliphatic heterocycles. The lowest BCUT2D eigenvalue weighted by atomic mass is 10.1. The summed E-state index contributed by atoms with van der Waals surface area (Å²) in [4.78, 5) is 12.0. The van der Waals surface area contributed by atoms with Crippen molar-refractivity contribution in [3.63, 3.8) is 0 Å². The Balaban J connectivity index is 1.63. The van der Waals surface area contributed by atoms with Gasteiger partial charge < -0.3 is 14.3 Å². The topological polar surface area (TPSA) is 68.3 Å². The molecule has 1 aromatic carbocycles. The van der Waals surface area contributed by atoms with E-state index in [0.717, 1.165) is 6.07 Å². The highest BCUT2D eigenvalue weighted by molar-refractivity contribution is 5.93. The number of aromatic nitrogens is 1. The fraction of sp³-hybridized carbons (Fsp3) is 0.111. The van der Waals surface area contributed by atoms with Crippen molar-refractivity contribution in [2.75, 3.05) is 6.54 Å². The Morgan fingerprint density at radius 1 is 1.15 bits per heavy atom. The van der Waals surface area contributed by atoms with Crippen molar-refractivity contribution in [1.29, 1.82) is 0 Å². The van der Waals surface area contributed by atoms with Crippen molar-refractivity contribution in [2.24, 2.45) is 0 Å². The third-order valence-corrected chi connectivity index (χ3v) is 3.30. The van der Waals surface area contributed by atoms with Crippen LogP contribution < -0.4 is 5.32 Å². The minimum absolute atomic E-state index is 0.00823.